The number of thioether (sulfide) groups is 1. The monoisotopic (exact) mass is 181 g/mol. The second-order valence-corrected chi connectivity index (χ2v) is 4.09. The van der Waals surface area contributed by atoms with Gasteiger partial charge in [-0.05, 0) is 18.4 Å². The lowest BCUT2D eigenvalue weighted by molar-refractivity contribution is 0.682. The summed E-state index contributed by atoms with van der Waals surface area (Å²) in [6.07, 6.45) is 3.85. The fourth-order valence-corrected chi connectivity index (χ4v) is 2.17. The zero-order valence-electron chi connectivity index (χ0n) is 6.79. The maximum atomic E-state index is 5.94. The van der Waals surface area contributed by atoms with Gasteiger partial charge in [-0.25, -0.2) is 0 Å². The fraction of sp³-hybridized carbons (Fsp3) is 0.250. The molecule has 0 amide bonds. The first-order valence-electron chi connectivity index (χ1n) is 3.72. The molecule has 0 spiro atoms. The highest BCUT2D eigenvalue weighted by molar-refractivity contribution is 8.06. The van der Waals surface area contributed by atoms with Crippen molar-refractivity contribution in [3.8, 4) is 0 Å². The zero-order chi connectivity index (χ0) is 8.77. The van der Waals surface area contributed by atoms with E-state index < -0.39 is 5.54 Å². The molecule has 0 fully saturated rings. The number of nitrogens with two attached hydrogens (primary N) is 2. The maximum Gasteiger partial charge on any atom is 0.0749 e. The largest absolute Gasteiger partial charge is 0.399 e. The third-order valence-corrected chi connectivity index (χ3v) is 2.87. The van der Waals surface area contributed by atoms with Crippen LogP contribution < -0.4 is 16.8 Å². The molecule has 3 nitrogen and oxygen atoms in total. The first-order chi connectivity index (χ1) is 5.61. The van der Waals surface area contributed by atoms with Crippen LogP contribution in [-0.2, 0) is 0 Å². The number of hydrogen-bond acceptors (Lipinski definition) is 4. The normalized spacial score (nSPS) is 33.0. The Morgan fingerprint density at radius 2 is 2.33 bits per heavy atom. The molecule has 0 unspecified atom stereocenters. The lowest BCUT2D eigenvalue weighted by atomic mass is 10.0. The predicted molar refractivity (Wildman–Crippen MR) is 51.8 cm³/mol. The van der Waals surface area contributed by atoms with Gasteiger partial charge in [0, 0.05) is 11.1 Å². The van der Waals surface area contributed by atoms with E-state index in [1.165, 1.54) is 0 Å². The van der Waals surface area contributed by atoms with Gasteiger partial charge in [0.1, 0.15) is 0 Å². The van der Waals surface area contributed by atoms with E-state index in [4.69, 9.17) is 11.5 Å². The molecule has 4 heteroatoms. The number of hydrogen-bond donors (Lipinski definition) is 3. The summed E-state index contributed by atoms with van der Waals surface area (Å²) in [5, 5.41) is 5.07. The molecule has 0 saturated carbocycles. The minimum atomic E-state index is -0.489. The standard InChI is InChI=1S/C8H11N3S/c1-8(10)4-5-6(7(8)9)11-2-3-12-5/h2-4,11H,9-10H2,1H3/t8-/m0/s1. The third kappa shape index (κ3) is 0.956. The summed E-state index contributed by atoms with van der Waals surface area (Å²) in [7, 11) is 0. The Labute approximate surface area is 75.6 Å². The fourth-order valence-electron chi connectivity index (χ4n) is 1.29. The molecule has 2 aliphatic rings. The van der Waals surface area contributed by atoms with Crippen molar-refractivity contribution < 1.29 is 0 Å². The van der Waals surface area contributed by atoms with E-state index in [2.05, 4.69) is 5.32 Å². The molecule has 1 aliphatic heterocycles. The van der Waals surface area contributed by atoms with Crippen molar-refractivity contribution in [3.63, 3.8) is 0 Å². The van der Waals surface area contributed by atoms with E-state index in [9.17, 15) is 0 Å². The van der Waals surface area contributed by atoms with Gasteiger partial charge in [0.2, 0.25) is 0 Å². The van der Waals surface area contributed by atoms with Gasteiger partial charge in [-0.15, -0.1) is 0 Å². The summed E-state index contributed by atoms with van der Waals surface area (Å²) in [6.45, 7) is 1.91. The van der Waals surface area contributed by atoms with Gasteiger partial charge in [0.25, 0.3) is 0 Å². The van der Waals surface area contributed by atoms with Crippen LogP contribution in [0, 0.1) is 0 Å². The van der Waals surface area contributed by atoms with Crippen LogP contribution in [0.4, 0.5) is 0 Å². The molecule has 0 bridgehead atoms. The molecule has 1 heterocycles. The number of nitrogens with one attached hydrogen (secondary N) is 1. The second-order valence-electron chi connectivity index (χ2n) is 3.14. The first kappa shape index (κ1) is 7.76. The molecule has 0 radical (unpaired) electrons. The maximum absolute atomic E-state index is 5.94. The van der Waals surface area contributed by atoms with Gasteiger partial charge in [0.15, 0.2) is 0 Å². The molecule has 2 rings (SSSR count). The SMILES string of the molecule is C[C@]1(N)C=C2SC=CNC2=C1N. The highest BCUT2D eigenvalue weighted by Gasteiger charge is 2.31. The van der Waals surface area contributed by atoms with Crippen molar-refractivity contribution >= 4 is 11.8 Å². The summed E-state index contributed by atoms with van der Waals surface area (Å²) in [4.78, 5) is 1.13. The van der Waals surface area contributed by atoms with Crippen molar-refractivity contribution in [2.45, 2.75) is 12.5 Å². The molecule has 0 aromatic rings. The van der Waals surface area contributed by atoms with Gasteiger partial charge in [-0.1, -0.05) is 11.8 Å². The molecular formula is C8H11N3S. The average Bonchev–Trinajstić information content (AvgIpc) is 2.24. The van der Waals surface area contributed by atoms with Crippen molar-refractivity contribution in [2.24, 2.45) is 11.5 Å². The van der Waals surface area contributed by atoms with Crippen LogP contribution in [0.25, 0.3) is 0 Å². The molecule has 0 aromatic carbocycles. The first-order valence-corrected chi connectivity index (χ1v) is 4.60. The quantitative estimate of drug-likeness (QED) is 0.511. The minimum Gasteiger partial charge on any atom is -0.399 e. The number of rotatable bonds is 0. The molecular weight excluding hydrogens is 170 g/mol. The Hall–Kier alpha value is -0.870. The Bertz CT molecular complexity index is 312. The van der Waals surface area contributed by atoms with Crippen LogP contribution in [0.3, 0.4) is 0 Å². The van der Waals surface area contributed by atoms with Gasteiger partial charge in [0.05, 0.1) is 16.9 Å². The Balaban J connectivity index is 2.48. The minimum absolute atomic E-state index is 0.489. The highest BCUT2D eigenvalue weighted by atomic mass is 32.2. The van der Waals surface area contributed by atoms with Gasteiger partial charge in [-0.2, -0.15) is 0 Å². The molecule has 12 heavy (non-hydrogen) atoms. The van der Waals surface area contributed by atoms with Crippen molar-refractivity contribution in [1.29, 1.82) is 0 Å². The van der Waals surface area contributed by atoms with E-state index in [-0.39, 0.29) is 0 Å². The van der Waals surface area contributed by atoms with Crippen LogP contribution in [0.5, 0.6) is 0 Å². The van der Waals surface area contributed by atoms with Gasteiger partial charge in [-0.3, -0.25) is 0 Å². The van der Waals surface area contributed by atoms with Gasteiger partial charge >= 0.3 is 0 Å². The smallest absolute Gasteiger partial charge is 0.0749 e. The lowest BCUT2D eigenvalue weighted by Crippen LogP contribution is -2.38. The molecule has 1 atom stereocenters. The lowest BCUT2D eigenvalue weighted by Gasteiger charge is -2.17. The van der Waals surface area contributed by atoms with Gasteiger partial charge < -0.3 is 16.8 Å². The van der Waals surface area contributed by atoms with Crippen molar-refractivity contribution in [3.05, 3.63) is 34.0 Å². The predicted octanol–water partition coefficient (Wildman–Crippen LogP) is 0.579. The van der Waals surface area contributed by atoms with Crippen LogP contribution in [-0.4, -0.2) is 5.54 Å². The average molecular weight is 181 g/mol. The summed E-state index contributed by atoms with van der Waals surface area (Å²) in [5.41, 5.74) is 13.0. The Morgan fingerprint density at radius 1 is 1.58 bits per heavy atom. The van der Waals surface area contributed by atoms with Crippen LogP contribution in [0.1, 0.15) is 6.92 Å². The Kier molecular flexibility index (Phi) is 1.49. The zero-order valence-corrected chi connectivity index (χ0v) is 7.61. The van der Waals surface area contributed by atoms with E-state index in [0.29, 0.717) is 5.70 Å². The molecule has 0 saturated heterocycles. The molecule has 1 aliphatic carbocycles. The topological polar surface area (TPSA) is 64.1 Å². The van der Waals surface area contributed by atoms with Crippen LogP contribution in [0.2, 0.25) is 0 Å². The summed E-state index contributed by atoms with van der Waals surface area (Å²) >= 11 is 1.64. The summed E-state index contributed by atoms with van der Waals surface area (Å²) < 4.78 is 0. The van der Waals surface area contributed by atoms with Crippen molar-refractivity contribution in [1.82, 2.24) is 5.32 Å². The summed E-state index contributed by atoms with van der Waals surface area (Å²) in [5.74, 6) is 0. The van der Waals surface area contributed by atoms with E-state index in [1.807, 2.05) is 24.6 Å². The third-order valence-electron chi connectivity index (χ3n) is 2.02. The molecule has 64 valence electrons. The van der Waals surface area contributed by atoms with E-state index in [1.54, 1.807) is 11.8 Å². The van der Waals surface area contributed by atoms with E-state index >= 15 is 0 Å². The van der Waals surface area contributed by atoms with Crippen LogP contribution >= 0.6 is 11.8 Å². The van der Waals surface area contributed by atoms with Crippen LogP contribution in [0.15, 0.2) is 34.0 Å². The summed E-state index contributed by atoms with van der Waals surface area (Å²) in [6, 6.07) is 0. The Morgan fingerprint density at radius 3 is 3.00 bits per heavy atom. The van der Waals surface area contributed by atoms with E-state index in [0.717, 1.165) is 10.6 Å². The highest BCUT2D eigenvalue weighted by Crippen LogP contribution is 2.37. The molecule has 5 N–H and O–H groups in total. The molecule has 0 aromatic heterocycles. The second kappa shape index (κ2) is 2.31. The van der Waals surface area contributed by atoms with Crippen molar-refractivity contribution in [2.75, 3.05) is 0 Å². The number of fused-ring (bicyclic) bond motifs is 1.